The summed E-state index contributed by atoms with van der Waals surface area (Å²) in [5.74, 6) is -0.769. The van der Waals surface area contributed by atoms with Crippen molar-refractivity contribution in [2.45, 2.75) is 18.9 Å². The number of pyridine rings is 2. The van der Waals surface area contributed by atoms with E-state index in [1.807, 2.05) is 0 Å². The molecule has 4 aromatic rings. The molecule has 0 fully saturated rings. The maximum atomic E-state index is 13.2. The minimum atomic E-state index is -4.75. The predicted octanol–water partition coefficient (Wildman–Crippen LogP) is 4.32. The molecule has 0 saturated carbocycles. The fraction of sp³-hybridized carbons (Fsp3) is 0.238. The molecule has 0 aliphatic heterocycles. The minimum Gasteiger partial charge on any atom is -0.383 e. The highest BCUT2D eigenvalue weighted by atomic mass is 19.4. The quantitative estimate of drug-likeness (QED) is 0.438. The van der Waals surface area contributed by atoms with E-state index in [1.165, 1.54) is 29.1 Å². The zero-order valence-electron chi connectivity index (χ0n) is 17.4. The molecule has 0 radical (unpaired) electrons. The van der Waals surface area contributed by atoms with Crippen molar-refractivity contribution < 1.29 is 31.1 Å². The Balaban J connectivity index is 1.72. The normalized spacial score (nSPS) is 12.4. The van der Waals surface area contributed by atoms with Crippen molar-refractivity contribution in [3.8, 4) is 0 Å². The van der Waals surface area contributed by atoms with Crippen LogP contribution < -0.4 is 5.73 Å². The maximum Gasteiger partial charge on any atom is 0.417 e. The van der Waals surface area contributed by atoms with Gasteiger partial charge in [0.25, 0.3) is 5.91 Å². The van der Waals surface area contributed by atoms with Crippen LogP contribution in [0.3, 0.4) is 0 Å². The average Bonchev–Trinajstić information content (AvgIpc) is 3.14. The Morgan fingerprint density at radius 2 is 1.79 bits per heavy atom. The Morgan fingerprint density at radius 1 is 1.06 bits per heavy atom. The molecule has 4 rings (SSSR count). The predicted molar refractivity (Wildman–Crippen MR) is 110 cm³/mol. The Labute approximate surface area is 187 Å². The van der Waals surface area contributed by atoms with Crippen molar-refractivity contribution in [3.05, 3.63) is 59.5 Å². The first-order valence-corrected chi connectivity index (χ1v) is 9.72. The number of carbonyl (C=O) groups excluding carboxylic acids is 1. The third-order valence-corrected chi connectivity index (χ3v) is 5.12. The average molecular weight is 482 g/mol. The Morgan fingerprint density at radius 3 is 2.41 bits per heavy atom. The number of aromatic nitrogens is 4. The first kappa shape index (κ1) is 23.3. The molecule has 1 aromatic carbocycles. The number of benzene rings is 1. The standard InChI is InChI=1S/C21H16F6N6O/c1-32-17-14-6-11(2-5-16(14)31-18(28)15(17)8-30-32)19(34)33(10-20(22,23)24)9-13-4-3-12(7-29-13)21(25,26)27/h2-8H,9-10H2,1H3,(H2,28,31). The summed E-state index contributed by atoms with van der Waals surface area (Å²) in [6, 6.07) is 5.78. The van der Waals surface area contributed by atoms with Gasteiger partial charge in [-0.1, -0.05) is 0 Å². The van der Waals surface area contributed by atoms with Crippen molar-refractivity contribution in [1.29, 1.82) is 0 Å². The lowest BCUT2D eigenvalue weighted by Gasteiger charge is -2.24. The Bertz CT molecular complexity index is 1380. The van der Waals surface area contributed by atoms with Gasteiger partial charge in [0.2, 0.25) is 0 Å². The number of nitrogen functional groups attached to an aromatic ring is 1. The molecule has 178 valence electrons. The highest BCUT2D eigenvalue weighted by Crippen LogP contribution is 2.30. The molecule has 0 spiro atoms. The van der Waals surface area contributed by atoms with E-state index in [9.17, 15) is 31.1 Å². The SMILES string of the molecule is Cn1ncc2c(N)nc3ccc(C(=O)N(Cc4ccc(C(F)(F)F)cn4)CC(F)(F)F)cc3c21. The molecule has 13 heteroatoms. The number of nitrogens with two attached hydrogens (primary N) is 1. The second kappa shape index (κ2) is 8.15. The number of halogens is 6. The lowest BCUT2D eigenvalue weighted by Crippen LogP contribution is -2.38. The molecule has 0 saturated heterocycles. The number of anilines is 1. The van der Waals surface area contributed by atoms with Crippen LogP contribution in [-0.4, -0.2) is 43.3 Å². The van der Waals surface area contributed by atoms with Crippen LogP contribution in [0.4, 0.5) is 32.2 Å². The van der Waals surface area contributed by atoms with E-state index >= 15 is 0 Å². The van der Waals surface area contributed by atoms with Gasteiger partial charge in [0.05, 0.1) is 40.4 Å². The summed E-state index contributed by atoms with van der Waals surface area (Å²) in [6.07, 6.45) is -7.40. The van der Waals surface area contributed by atoms with Gasteiger partial charge < -0.3 is 10.6 Å². The van der Waals surface area contributed by atoms with E-state index in [-0.39, 0.29) is 17.1 Å². The van der Waals surface area contributed by atoms with Gasteiger partial charge in [-0.15, -0.1) is 0 Å². The van der Waals surface area contributed by atoms with Crippen molar-refractivity contribution >= 4 is 33.5 Å². The molecule has 0 aliphatic rings. The molecule has 0 unspecified atom stereocenters. The Kier molecular flexibility index (Phi) is 5.58. The van der Waals surface area contributed by atoms with Crippen molar-refractivity contribution in [1.82, 2.24) is 24.6 Å². The first-order valence-electron chi connectivity index (χ1n) is 9.72. The first-order chi connectivity index (χ1) is 15.8. The number of nitrogens with zero attached hydrogens (tertiary/aromatic N) is 5. The van der Waals surface area contributed by atoms with Crippen LogP contribution in [0.5, 0.6) is 0 Å². The number of fused-ring (bicyclic) bond motifs is 3. The van der Waals surface area contributed by atoms with Gasteiger partial charge in [-0.2, -0.15) is 31.4 Å². The summed E-state index contributed by atoms with van der Waals surface area (Å²) in [4.78, 5) is 21.4. The van der Waals surface area contributed by atoms with Crippen LogP contribution in [0.1, 0.15) is 21.6 Å². The van der Waals surface area contributed by atoms with Crippen molar-refractivity contribution in [3.63, 3.8) is 0 Å². The third kappa shape index (κ3) is 4.58. The fourth-order valence-electron chi connectivity index (χ4n) is 3.57. The minimum absolute atomic E-state index is 0.0715. The van der Waals surface area contributed by atoms with E-state index in [1.54, 1.807) is 7.05 Å². The summed E-state index contributed by atoms with van der Waals surface area (Å²) in [7, 11) is 1.64. The number of carbonyl (C=O) groups is 1. The van der Waals surface area contributed by atoms with E-state index in [0.717, 1.165) is 6.07 Å². The van der Waals surface area contributed by atoms with Crippen LogP contribution in [0.2, 0.25) is 0 Å². The van der Waals surface area contributed by atoms with E-state index in [4.69, 9.17) is 5.73 Å². The largest absolute Gasteiger partial charge is 0.417 e. The van der Waals surface area contributed by atoms with Crippen LogP contribution in [0, 0.1) is 0 Å². The molecule has 3 aromatic heterocycles. The Hall–Kier alpha value is -3.90. The number of hydrogen-bond donors (Lipinski definition) is 1. The van der Waals surface area contributed by atoms with Crippen molar-refractivity contribution in [2.75, 3.05) is 12.3 Å². The second-order valence-electron chi connectivity index (χ2n) is 7.57. The van der Waals surface area contributed by atoms with Gasteiger partial charge in [0, 0.05) is 24.2 Å². The van der Waals surface area contributed by atoms with Crippen LogP contribution >= 0.6 is 0 Å². The summed E-state index contributed by atoms with van der Waals surface area (Å²) in [5, 5.41) is 5.08. The number of alkyl halides is 6. The third-order valence-electron chi connectivity index (χ3n) is 5.12. The molecule has 0 atom stereocenters. The van der Waals surface area contributed by atoms with Crippen LogP contribution in [0.15, 0.2) is 42.7 Å². The maximum absolute atomic E-state index is 13.2. The van der Waals surface area contributed by atoms with Gasteiger partial charge in [-0.25, -0.2) is 4.98 Å². The summed E-state index contributed by atoms with van der Waals surface area (Å²) < 4.78 is 79.4. The van der Waals surface area contributed by atoms with E-state index < -0.39 is 36.9 Å². The van der Waals surface area contributed by atoms with Crippen molar-refractivity contribution in [2.24, 2.45) is 7.05 Å². The van der Waals surface area contributed by atoms with Crippen LogP contribution in [-0.2, 0) is 19.8 Å². The monoisotopic (exact) mass is 482 g/mol. The van der Waals surface area contributed by atoms with E-state index in [0.29, 0.717) is 39.0 Å². The highest BCUT2D eigenvalue weighted by Gasteiger charge is 2.34. The summed E-state index contributed by atoms with van der Waals surface area (Å²) in [5.41, 5.74) is 5.64. The number of rotatable bonds is 4. The molecular formula is C21H16F6N6O. The lowest BCUT2D eigenvalue weighted by molar-refractivity contribution is -0.141. The number of amides is 1. The van der Waals surface area contributed by atoms with E-state index in [2.05, 4.69) is 15.1 Å². The zero-order valence-corrected chi connectivity index (χ0v) is 17.4. The summed E-state index contributed by atoms with van der Waals surface area (Å²) >= 11 is 0. The fourth-order valence-corrected chi connectivity index (χ4v) is 3.57. The molecule has 7 nitrogen and oxygen atoms in total. The molecule has 1 amide bonds. The lowest BCUT2D eigenvalue weighted by atomic mass is 10.1. The van der Waals surface area contributed by atoms with Crippen LogP contribution in [0.25, 0.3) is 21.8 Å². The van der Waals surface area contributed by atoms with Gasteiger partial charge in [-0.05, 0) is 30.3 Å². The molecule has 0 bridgehead atoms. The number of hydrogen-bond acceptors (Lipinski definition) is 5. The number of aryl methyl sites for hydroxylation is 1. The molecule has 34 heavy (non-hydrogen) atoms. The summed E-state index contributed by atoms with van der Waals surface area (Å²) in [6.45, 7) is -2.26. The zero-order chi connectivity index (χ0) is 24.8. The van der Waals surface area contributed by atoms with Gasteiger partial charge >= 0.3 is 12.4 Å². The van der Waals surface area contributed by atoms with Gasteiger partial charge in [-0.3, -0.25) is 14.5 Å². The smallest absolute Gasteiger partial charge is 0.383 e. The van der Waals surface area contributed by atoms with Gasteiger partial charge in [0.1, 0.15) is 12.4 Å². The highest BCUT2D eigenvalue weighted by molar-refractivity contribution is 6.10. The molecular weight excluding hydrogens is 466 g/mol. The topological polar surface area (TPSA) is 89.9 Å². The second-order valence-corrected chi connectivity index (χ2v) is 7.57. The molecule has 0 aliphatic carbocycles. The molecule has 3 heterocycles. The van der Waals surface area contributed by atoms with Gasteiger partial charge in [0.15, 0.2) is 0 Å². The molecule has 2 N–H and O–H groups in total.